The normalized spacial score (nSPS) is 10.4. The van der Waals surface area contributed by atoms with Gasteiger partial charge < -0.3 is 19.6 Å². The van der Waals surface area contributed by atoms with Gasteiger partial charge in [-0.3, -0.25) is 0 Å². The number of rotatable bonds is 3. The third-order valence-electron chi connectivity index (χ3n) is 2.61. The molecule has 0 atom stereocenters. The van der Waals surface area contributed by atoms with Gasteiger partial charge in [-0.2, -0.15) is 0 Å². The molecule has 100 valence electrons. The summed E-state index contributed by atoms with van der Waals surface area (Å²) < 4.78 is 9.50. The molecule has 1 aromatic heterocycles. The Bertz CT molecular complexity index is 644. The number of aromatic hydroxyl groups is 1. The van der Waals surface area contributed by atoms with Gasteiger partial charge in [0.25, 0.3) is 0 Å². The Morgan fingerprint density at radius 2 is 2.00 bits per heavy atom. The Kier molecular flexibility index (Phi) is 3.41. The van der Waals surface area contributed by atoms with Gasteiger partial charge in [0.05, 0.1) is 24.8 Å². The van der Waals surface area contributed by atoms with E-state index in [-0.39, 0.29) is 23.6 Å². The molecule has 0 aliphatic heterocycles. The highest BCUT2D eigenvalue weighted by Crippen LogP contribution is 2.26. The fourth-order valence-electron chi connectivity index (χ4n) is 1.82. The molecule has 6 heteroatoms. The highest BCUT2D eigenvalue weighted by Gasteiger charge is 2.17. The maximum absolute atomic E-state index is 11.8. The summed E-state index contributed by atoms with van der Waals surface area (Å²) in [5, 5.41) is 10.1. The molecule has 0 radical (unpaired) electrons. The van der Waals surface area contributed by atoms with Crippen LogP contribution in [0.2, 0.25) is 0 Å². The number of esters is 2. The molecule has 0 aliphatic rings. The molecule has 0 amide bonds. The summed E-state index contributed by atoms with van der Waals surface area (Å²) in [6.45, 7) is 1.91. The molecule has 0 saturated heterocycles. The van der Waals surface area contributed by atoms with Crippen LogP contribution in [0.3, 0.4) is 0 Å². The Morgan fingerprint density at radius 1 is 1.26 bits per heavy atom. The number of phenols is 1. The van der Waals surface area contributed by atoms with Crippen LogP contribution in [0, 0.1) is 0 Å². The summed E-state index contributed by atoms with van der Waals surface area (Å²) in [6.07, 6.45) is 0. The van der Waals surface area contributed by atoms with Crippen LogP contribution in [0.15, 0.2) is 18.2 Å². The van der Waals surface area contributed by atoms with E-state index in [0.717, 1.165) is 0 Å². The van der Waals surface area contributed by atoms with Gasteiger partial charge in [-0.25, -0.2) is 9.59 Å². The molecule has 0 unspecified atom stereocenters. The summed E-state index contributed by atoms with van der Waals surface area (Å²) in [4.78, 5) is 26.0. The molecule has 0 bridgehead atoms. The average molecular weight is 263 g/mol. The number of carbonyl (C=O) groups excluding carboxylic acids is 2. The van der Waals surface area contributed by atoms with Gasteiger partial charge in [-0.15, -0.1) is 0 Å². The number of benzene rings is 1. The zero-order valence-corrected chi connectivity index (χ0v) is 10.5. The lowest BCUT2D eigenvalue weighted by molar-refractivity contribution is 0.0526. The monoisotopic (exact) mass is 263 g/mol. The number of phenolic OH excluding ortho intramolecular Hbond substituents is 1. The van der Waals surface area contributed by atoms with Crippen molar-refractivity contribution in [1.29, 1.82) is 0 Å². The highest BCUT2D eigenvalue weighted by atomic mass is 16.5. The number of aromatic nitrogens is 1. The number of hydrogen-bond acceptors (Lipinski definition) is 5. The molecule has 0 saturated carbocycles. The Hall–Kier alpha value is -2.50. The molecule has 1 aromatic carbocycles. The summed E-state index contributed by atoms with van der Waals surface area (Å²) in [7, 11) is 1.26. The fourth-order valence-corrected chi connectivity index (χ4v) is 1.82. The summed E-state index contributed by atoms with van der Waals surface area (Å²) in [5.41, 5.74) is 0.803. The molecule has 2 N–H and O–H groups in total. The van der Waals surface area contributed by atoms with Crippen LogP contribution in [-0.2, 0) is 9.47 Å². The van der Waals surface area contributed by atoms with Crippen molar-refractivity contribution in [3.05, 3.63) is 29.5 Å². The van der Waals surface area contributed by atoms with Gasteiger partial charge in [-0.1, -0.05) is 0 Å². The van der Waals surface area contributed by atoms with E-state index < -0.39 is 11.9 Å². The van der Waals surface area contributed by atoms with Crippen molar-refractivity contribution in [1.82, 2.24) is 4.98 Å². The van der Waals surface area contributed by atoms with Crippen molar-refractivity contribution >= 4 is 22.8 Å². The van der Waals surface area contributed by atoms with Gasteiger partial charge in [0.15, 0.2) is 0 Å². The second kappa shape index (κ2) is 5.01. The quantitative estimate of drug-likeness (QED) is 0.825. The number of hydrogen-bond donors (Lipinski definition) is 2. The lowest BCUT2D eigenvalue weighted by Gasteiger charge is -2.04. The number of fused-ring (bicyclic) bond motifs is 1. The SMILES string of the molecule is CCOC(=O)c1cc(O)cc2cc(C(=O)OC)[nH]c12. The number of methoxy groups -OCH3 is 1. The maximum Gasteiger partial charge on any atom is 0.354 e. The predicted molar refractivity (Wildman–Crippen MR) is 67.3 cm³/mol. The standard InChI is InChI=1S/C13H13NO5/c1-3-19-12(16)9-6-8(15)4-7-5-10(13(17)18-2)14-11(7)9/h4-6,14-15H,3H2,1-2H3. The number of nitrogens with one attached hydrogen (secondary N) is 1. The van der Waals surface area contributed by atoms with Crippen molar-refractivity contribution in [3.63, 3.8) is 0 Å². The zero-order valence-electron chi connectivity index (χ0n) is 10.5. The first-order valence-electron chi connectivity index (χ1n) is 5.68. The van der Waals surface area contributed by atoms with E-state index in [1.165, 1.54) is 25.3 Å². The van der Waals surface area contributed by atoms with E-state index in [4.69, 9.17) is 4.74 Å². The summed E-state index contributed by atoms with van der Waals surface area (Å²) in [6, 6.07) is 4.24. The van der Waals surface area contributed by atoms with Crippen LogP contribution in [0.5, 0.6) is 5.75 Å². The third-order valence-corrected chi connectivity index (χ3v) is 2.61. The van der Waals surface area contributed by atoms with Gasteiger partial charge in [0.2, 0.25) is 0 Å². The van der Waals surface area contributed by atoms with E-state index in [2.05, 4.69) is 9.72 Å². The highest BCUT2D eigenvalue weighted by molar-refractivity contribution is 6.06. The number of carbonyl (C=O) groups is 2. The third kappa shape index (κ3) is 2.37. The van der Waals surface area contributed by atoms with Crippen LogP contribution in [0.25, 0.3) is 10.9 Å². The van der Waals surface area contributed by atoms with Crippen molar-refractivity contribution < 1.29 is 24.2 Å². The number of H-pyrrole nitrogens is 1. The Labute approximate surface area is 108 Å². The first-order chi connectivity index (χ1) is 9.06. The minimum absolute atomic E-state index is 0.0778. The molecule has 6 nitrogen and oxygen atoms in total. The summed E-state index contributed by atoms with van der Waals surface area (Å²) >= 11 is 0. The minimum Gasteiger partial charge on any atom is -0.508 e. The molecule has 1 heterocycles. The smallest absolute Gasteiger partial charge is 0.354 e. The molecular weight excluding hydrogens is 250 g/mol. The van der Waals surface area contributed by atoms with Crippen molar-refractivity contribution in [2.45, 2.75) is 6.92 Å². The van der Waals surface area contributed by atoms with Gasteiger partial charge in [-0.05, 0) is 25.1 Å². The zero-order chi connectivity index (χ0) is 14.0. The second-order valence-corrected chi connectivity index (χ2v) is 3.85. The van der Waals surface area contributed by atoms with E-state index >= 15 is 0 Å². The number of aromatic amines is 1. The number of ether oxygens (including phenoxy) is 2. The van der Waals surface area contributed by atoms with E-state index in [9.17, 15) is 14.7 Å². The lowest BCUT2D eigenvalue weighted by Crippen LogP contribution is -2.05. The van der Waals surface area contributed by atoms with Crippen LogP contribution in [-0.4, -0.2) is 35.7 Å². The maximum atomic E-state index is 11.8. The van der Waals surface area contributed by atoms with Crippen LogP contribution >= 0.6 is 0 Å². The molecule has 2 rings (SSSR count). The molecular formula is C13H13NO5. The van der Waals surface area contributed by atoms with Gasteiger partial charge >= 0.3 is 11.9 Å². The molecule has 0 spiro atoms. The molecule has 0 fully saturated rings. The van der Waals surface area contributed by atoms with Crippen LogP contribution in [0.4, 0.5) is 0 Å². The fraction of sp³-hybridized carbons (Fsp3) is 0.231. The Morgan fingerprint density at radius 3 is 2.63 bits per heavy atom. The van der Waals surface area contributed by atoms with E-state index in [1.54, 1.807) is 6.92 Å². The topological polar surface area (TPSA) is 88.6 Å². The first-order valence-corrected chi connectivity index (χ1v) is 5.68. The average Bonchev–Trinajstić information content (AvgIpc) is 2.80. The first kappa shape index (κ1) is 12.9. The molecule has 0 aliphatic carbocycles. The van der Waals surface area contributed by atoms with Crippen molar-refractivity contribution in [3.8, 4) is 5.75 Å². The minimum atomic E-state index is -0.568. The molecule has 19 heavy (non-hydrogen) atoms. The van der Waals surface area contributed by atoms with E-state index in [1.807, 2.05) is 0 Å². The van der Waals surface area contributed by atoms with Crippen LogP contribution in [0.1, 0.15) is 27.8 Å². The van der Waals surface area contributed by atoms with Crippen LogP contribution < -0.4 is 0 Å². The summed E-state index contributed by atoms with van der Waals surface area (Å²) in [5.74, 6) is -1.20. The van der Waals surface area contributed by atoms with Gasteiger partial charge in [0, 0.05) is 5.39 Å². The Balaban J connectivity index is 2.60. The second-order valence-electron chi connectivity index (χ2n) is 3.85. The lowest BCUT2D eigenvalue weighted by atomic mass is 10.1. The molecule has 2 aromatic rings. The van der Waals surface area contributed by atoms with Crippen molar-refractivity contribution in [2.24, 2.45) is 0 Å². The van der Waals surface area contributed by atoms with E-state index in [0.29, 0.717) is 10.9 Å². The predicted octanol–water partition coefficient (Wildman–Crippen LogP) is 1.84. The largest absolute Gasteiger partial charge is 0.508 e. The van der Waals surface area contributed by atoms with Gasteiger partial charge in [0.1, 0.15) is 11.4 Å². The van der Waals surface area contributed by atoms with Crippen molar-refractivity contribution in [2.75, 3.05) is 13.7 Å².